The Morgan fingerprint density at radius 3 is 2.78 bits per heavy atom. The molecule has 1 atom stereocenters. The van der Waals surface area contributed by atoms with Crippen molar-refractivity contribution in [2.75, 3.05) is 19.5 Å². The number of pyridine rings is 1. The number of nitrogens with zero attached hydrogens (tertiary/aromatic N) is 1. The van der Waals surface area contributed by atoms with Crippen LogP contribution in [0, 0.1) is 5.82 Å². The summed E-state index contributed by atoms with van der Waals surface area (Å²) in [5.74, 6) is -1.33. The molecule has 2 aromatic rings. The highest BCUT2D eigenvalue weighted by molar-refractivity contribution is 6.35. The van der Waals surface area contributed by atoms with Gasteiger partial charge in [-0.25, -0.2) is 14.2 Å². The van der Waals surface area contributed by atoms with Crippen LogP contribution in [-0.4, -0.2) is 24.7 Å². The molecular weight excluding hydrogens is 346 g/mol. The molecule has 2 heterocycles. The van der Waals surface area contributed by atoms with E-state index in [1.165, 1.54) is 19.2 Å². The molecule has 0 spiro atoms. The number of aromatic nitrogens is 1. The fraction of sp³-hybridized carbons (Fsp3) is 0.200. The van der Waals surface area contributed by atoms with Gasteiger partial charge in [-0.05, 0) is 18.2 Å². The normalized spacial score (nSPS) is 16.3. The van der Waals surface area contributed by atoms with Crippen LogP contribution >= 0.6 is 23.2 Å². The molecule has 23 heavy (non-hydrogen) atoms. The van der Waals surface area contributed by atoms with Gasteiger partial charge in [-0.15, -0.1) is 0 Å². The molecule has 120 valence electrons. The number of epoxide rings is 1. The van der Waals surface area contributed by atoms with Crippen molar-refractivity contribution in [2.45, 2.75) is 6.10 Å². The standard InChI is InChI=1S/C15H11Cl2FN2O3/c1-22-15(21)14-12(17)8(19)4-9(20-14)6-2-3-7(16)11(13(6)18)10-5-23-10/h2-4,10H,5H2,1H3,(H2,19,20). The molecule has 0 amide bonds. The summed E-state index contributed by atoms with van der Waals surface area (Å²) in [6.07, 6.45) is -0.368. The fourth-order valence-corrected chi connectivity index (χ4v) is 2.64. The number of rotatable bonds is 3. The number of anilines is 1. The summed E-state index contributed by atoms with van der Waals surface area (Å²) in [6, 6.07) is 4.39. The Labute approximate surface area is 141 Å². The first-order chi connectivity index (χ1) is 10.9. The van der Waals surface area contributed by atoms with Crippen molar-refractivity contribution in [3.63, 3.8) is 0 Å². The Morgan fingerprint density at radius 1 is 1.48 bits per heavy atom. The van der Waals surface area contributed by atoms with Crippen molar-refractivity contribution in [2.24, 2.45) is 0 Å². The van der Waals surface area contributed by atoms with Crippen molar-refractivity contribution in [3.05, 3.63) is 45.3 Å². The van der Waals surface area contributed by atoms with E-state index in [4.69, 9.17) is 33.7 Å². The molecular formula is C15H11Cl2FN2O3. The Balaban J connectivity index is 2.18. The van der Waals surface area contributed by atoms with Gasteiger partial charge in [-0.2, -0.15) is 0 Å². The zero-order chi connectivity index (χ0) is 16.7. The number of carbonyl (C=O) groups excluding carboxylic acids is 1. The van der Waals surface area contributed by atoms with Crippen LogP contribution in [0.3, 0.4) is 0 Å². The van der Waals surface area contributed by atoms with E-state index >= 15 is 0 Å². The van der Waals surface area contributed by atoms with Crippen molar-refractivity contribution < 1.29 is 18.7 Å². The maximum atomic E-state index is 14.8. The second-order valence-electron chi connectivity index (χ2n) is 4.90. The van der Waals surface area contributed by atoms with Crippen LogP contribution in [0.2, 0.25) is 10.0 Å². The molecule has 1 unspecified atom stereocenters. The third kappa shape index (κ3) is 2.85. The summed E-state index contributed by atoms with van der Waals surface area (Å²) >= 11 is 12.0. The van der Waals surface area contributed by atoms with Gasteiger partial charge in [0.25, 0.3) is 0 Å². The van der Waals surface area contributed by atoms with Gasteiger partial charge >= 0.3 is 5.97 Å². The van der Waals surface area contributed by atoms with E-state index in [0.29, 0.717) is 6.61 Å². The topological polar surface area (TPSA) is 77.7 Å². The molecule has 1 saturated heterocycles. The van der Waals surface area contributed by atoms with E-state index in [0.717, 1.165) is 0 Å². The second kappa shape index (κ2) is 5.96. The monoisotopic (exact) mass is 356 g/mol. The van der Waals surface area contributed by atoms with E-state index < -0.39 is 11.8 Å². The number of ether oxygens (including phenoxy) is 2. The number of nitrogens with two attached hydrogens (primary N) is 1. The van der Waals surface area contributed by atoms with Crippen LogP contribution in [0.4, 0.5) is 10.1 Å². The molecule has 1 aromatic heterocycles. The zero-order valence-corrected chi connectivity index (χ0v) is 13.4. The van der Waals surface area contributed by atoms with E-state index in [1.54, 1.807) is 6.07 Å². The Bertz CT molecular complexity index is 810. The SMILES string of the molecule is COC(=O)c1nc(-c2ccc(Cl)c(C3CO3)c2F)cc(N)c1Cl. The molecule has 5 nitrogen and oxygen atoms in total. The van der Waals surface area contributed by atoms with Gasteiger partial charge in [0.2, 0.25) is 0 Å². The lowest BCUT2D eigenvalue weighted by Crippen LogP contribution is -2.08. The molecule has 1 aliphatic heterocycles. The quantitative estimate of drug-likeness (QED) is 0.670. The fourth-order valence-electron chi connectivity index (χ4n) is 2.20. The molecule has 0 bridgehead atoms. The minimum absolute atomic E-state index is 0.0410. The number of benzene rings is 1. The summed E-state index contributed by atoms with van der Waals surface area (Å²) in [5.41, 5.74) is 6.27. The predicted molar refractivity (Wildman–Crippen MR) is 84.1 cm³/mol. The minimum atomic E-state index is -0.760. The van der Waals surface area contributed by atoms with Gasteiger partial charge in [0.15, 0.2) is 5.69 Å². The molecule has 3 rings (SSSR count). The minimum Gasteiger partial charge on any atom is -0.464 e. The maximum absolute atomic E-state index is 14.8. The molecule has 0 radical (unpaired) electrons. The molecule has 1 fully saturated rings. The van der Waals surface area contributed by atoms with Gasteiger partial charge in [0.1, 0.15) is 11.9 Å². The lowest BCUT2D eigenvalue weighted by atomic mass is 10.0. The van der Waals surface area contributed by atoms with Gasteiger partial charge in [0.05, 0.1) is 30.1 Å². The second-order valence-corrected chi connectivity index (χ2v) is 5.68. The molecule has 1 aliphatic rings. The largest absolute Gasteiger partial charge is 0.464 e. The highest BCUT2D eigenvalue weighted by atomic mass is 35.5. The summed E-state index contributed by atoms with van der Waals surface area (Å²) in [7, 11) is 1.19. The van der Waals surface area contributed by atoms with Gasteiger partial charge in [0, 0.05) is 16.1 Å². The van der Waals surface area contributed by atoms with E-state index in [1.807, 2.05) is 0 Å². The van der Waals surface area contributed by atoms with Crippen molar-refractivity contribution in [3.8, 4) is 11.3 Å². The number of hydrogen-bond donors (Lipinski definition) is 1. The molecule has 0 saturated carbocycles. The highest BCUT2D eigenvalue weighted by Crippen LogP contribution is 2.40. The first-order valence-corrected chi connectivity index (χ1v) is 7.33. The number of nitrogen functional groups attached to an aromatic ring is 1. The maximum Gasteiger partial charge on any atom is 0.358 e. The summed E-state index contributed by atoms with van der Waals surface area (Å²) in [6.45, 7) is 0.406. The lowest BCUT2D eigenvalue weighted by Gasteiger charge is -2.11. The first-order valence-electron chi connectivity index (χ1n) is 6.58. The molecule has 8 heteroatoms. The average molecular weight is 357 g/mol. The van der Waals surface area contributed by atoms with E-state index in [9.17, 15) is 9.18 Å². The third-order valence-electron chi connectivity index (χ3n) is 3.42. The van der Waals surface area contributed by atoms with E-state index in [2.05, 4.69) is 9.72 Å². The predicted octanol–water partition coefficient (Wildman–Crippen LogP) is 3.63. The zero-order valence-electron chi connectivity index (χ0n) is 11.9. The molecule has 2 N–H and O–H groups in total. The average Bonchev–Trinajstić information content (AvgIpc) is 3.34. The first kappa shape index (κ1) is 16.0. The number of halogens is 3. The van der Waals surface area contributed by atoms with Gasteiger partial charge < -0.3 is 15.2 Å². The highest BCUT2D eigenvalue weighted by Gasteiger charge is 2.32. The van der Waals surface area contributed by atoms with Crippen LogP contribution < -0.4 is 5.73 Å². The van der Waals surface area contributed by atoms with Crippen LogP contribution in [0.1, 0.15) is 22.2 Å². The van der Waals surface area contributed by atoms with Crippen molar-refractivity contribution in [1.82, 2.24) is 4.98 Å². The number of carbonyl (C=O) groups is 1. The Kier molecular flexibility index (Phi) is 4.14. The lowest BCUT2D eigenvalue weighted by molar-refractivity contribution is 0.0594. The smallest absolute Gasteiger partial charge is 0.358 e. The van der Waals surface area contributed by atoms with Crippen LogP contribution in [0.25, 0.3) is 11.3 Å². The number of hydrogen-bond acceptors (Lipinski definition) is 5. The van der Waals surface area contributed by atoms with Gasteiger partial charge in [-0.1, -0.05) is 23.2 Å². The summed E-state index contributed by atoms with van der Waals surface area (Å²) < 4.78 is 24.5. The summed E-state index contributed by atoms with van der Waals surface area (Å²) in [5, 5.41) is 0.226. The van der Waals surface area contributed by atoms with Crippen LogP contribution in [-0.2, 0) is 9.47 Å². The third-order valence-corrected chi connectivity index (χ3v) is 4.15. The number of esters is 1. The number of methoxy groups -OCH3 is 1. The Hall–Kier alpha value is -1.89. The molecule has 0 aliphatic carbocycles. The molecule has 1 aromatic carbocycles. The van der Waals surface area contributed by atoms with Gasteiger partial charge in [-0.3, -0.25) is 0 Å². The van der Waals surface area contributed by atoms with E-state index in [-0.39, 0.29) is 44.4 Å². The van der Waals surface area contributed by atoms with Crippen molar-refractivity contribution >= 4 is 34.9 Å². The van der Waals surface area contributed by atoms with Crippen molar-refractivity contribution in [1.29, 1.82) is 0 Å². The van der Waals surface area contributed by atoms with Crippen LogP contribution in [0.5, 0.6) is 0 Å². The van der Waals surface area contributed by atoms with Crippen LogP contribution in [0.15, 0.2) is 18.2 Å². The Morgan fingerprint density at radius 2 is 2.17 bits per heavy atom. The summed E-state index contributed by atoms with van der Waals surface area (Å²) in [4.78, 5) is 15.8.